The van der Waals surface area contributed by atoms with E-state index in [9.17, 15) is 4.79 Å². The maximum Gasteiger partial charge on any atom is 0.223 e. The van der Waals surface area contributed by atoms with E-state index in [0.717, 1.165) is 33.8 Å². The van der Waals surface area contributed by atoms with Crippen LogP contribution in [0.4, 0.5) is 0 Å². The third-order valence-corrected chi connectivity index (χ3v) is 6.43. The van der Waals surface area contributed by atoms with E-state index < -0.39 is 0 Å². The zero-order chi connectivity index (χ0) is 23.3. The van der Waals surface area contributed by atoms with Gasteiger partial charge in [-0.1, -0.05) is 54.6 Å². The van der Waals surface area contributed by atoms with Crippen LogP contribution in [0.25, 0.3) is 5.65 Å². The number of fused-ring (bicyclic) bond motifs is 1. The summed E-state index contributed by atoms with van der Waals surface area (Å²) in [6, 6.07) is 22.3. The number of pyridine rings is 1. The summed E-state index contributed by atoms with van der Waals surface area (Å²) in [7, 11) is 0. The number of benzene rings is 2. The number of carbonyl (C=O) groups excluding carboxylic acids is 1. The van der Waals surface area contributed by atoms with E-state index >= 15 is 0 Å². The van der Waals surface area contributed by atoms with Crippen LogP contribution >= 0.6 is 0 Å². The highest BCUT2D eigenvalue weighted by Crippen LogP contribution is 2.33. The van der Waals surface area contributed by atoms with E-state index in [1.807, 2.05) is 71.9 Å². The molecule has 1 unspecified atom stereocenters. The predicted octanol–water partition coefficient (Wildman–Crippen LogP) is 4.60. The van der Waals surface area contributed by atoms with Crippen LogP contribution in [-0.2, 0) is 16.1 Å². The van der Waals surface area contributed by atoms with Gasteiger partial charge in [0.2, 0.25) is 5.91 Å². The van der Waals surface area contributed by atoms with Gasteiger partial charge in [0.15, 0.2) is 11.4 Å². The second kappa shape index (κ2) is 10.1. The Kier molecular flexibility index (Phi) is 6.58. The number of amides is 1. The minimum Gasteiger partial charge on any atom is -0.485 e. The smallest absolute Gasteiger partial charge is 0.223 e. The lowest BCUT2D eigenvalue weighted by molar-refractivity contribution is -0.135. The summed E-state index contributed by atoms with van der Waals surface area (Å²) in [6.45, 7) is 5.05. The second-order valence-corrected chi connectivity index (χ2v) is 8.63. The summed E-state index contributed by atoms with van der Waals surface area (Å²) in [5, 5.41) is 0. The molecular weight excluding hydrogens is 426 g/mol. The van der Waals surface area contributed by atoms with Gasteiger partial charge in [0.1, 0.15) is 6.61 Å². The summed E-state index contributed by atoms with van der Waals surface area (Å²) in [4.78, 5) is 19.9. The topological polar surface area (TPSA) is 56.1 Å². The molecule has 1 aliphatic heterocycles. The molecule has 2 aromatic carbocycles. The highest BCUT2D eigenvalue weighted by molar-refractivity contribution is 5.78. The molecule has 174 valence electrons. The molecule has 34 heavy (non-hydrogen) atoms. The molecule has 2 aromatic heterocycles. The van der Waals surface area contributed by atoms with Gasteiger partial charge >= 0.3 is 0 Å². The molecule has 1 saturated heterocycles. The maximum absolute atomic E-state index is 13.3. The van der Waals surface area contributed by atoms with Crippen LogP contribution in [0.15, 0.2) is 79.1 Å². The van der Waals surface area contributed by atoms with Crippen molar-refractivity contribution in [3.05, 3.63) is 102 Å². The molecule has 0 saturated carbocycles. The first kappa shape index (κ1) is 22.2. The molecule has 0 aliphatic carbocycles. The molecule has 1 atom stereocenters. The number of hydrogen-bond donors (Lipinski definition) is 0. The van der Waals surface area contributed by atoms with Gasteiger partial charge < -0.3 is 18.8 Å². The Bertz CT molecular complexity index is 1260. The van der Waals surface area contributed by atoms with Crippen molar-refractivity contribution in [3.8, 4) is 5.75 Å². The van der Waals surface area contributed by atoms with Gasteiger partial charge in [-0.3, -0.25) is 4.79 Å². The number of morpholine rings is 1. The fourth-order valence-corrected chi connectivity index (χ4v) is 4.58. The number of imidazole rings is 1. The molecule has 1 aliphatic rings. The van der Waals surface area contributed by atoms with Gasteiger partial charge in [-0.2, -0.15) is 0 Å². The van der Waals surface area contributed by atoms with Gasteiger partial charge in [0, 0.05) is 37.8 Å². The lowest BCUT2D eigenvalue weighted by Gasteiger charge is -2.29. The van der Waals surface area contributed by atoms with Crippen molar-refractivity contribution in [3.63, 3.8) is 0 Å². The molecule has 0 spiro atoms. The monoisotopic (exact) mass is 455 g/mol. The summed E-state index contributed by atoms with van der Waals surface area (Å²) >= 11 is 0. The average molecular weight is 456 g/mol. The lowest BCUT2D eigenvalue weighted by atomic mass is 9.89. The lowest BCUT2D eigenvalue weighted by Crippen LogP contribution is -2.41. The zero-order valence-corrected chi connectivity index (χ0v) is 19.4. The SMILES string of the molecule is Cc1ccccc1C(CC(=O)N1CCOCC1)c1cnc2c(OCc3ccccc3)cccn12. The largest absolute Gasteiger partial charge is 0.485 e. The van der Waals surface area contributed by atoms with E-state index in [1.54, 1.807) is 0 Å². The number of rotatable bonds is 7. The highest BCUT2D eigenvalue weighted by Gasteiger charge is 2.27. The van der Waals surface area contributed by atoms with Crippen molar-refractivity contribution in [2.24, 2.45) is 0 Å². The normalized spacial score (nSPS) is 14.8. The number of hydrogen-bond acceptors (Lipinski definition) is 4. The van der Waals surface area contributed by atoms with Gasteiger partial charge in [-0.25, -0.2) is 4.98 Å². The van der Waals surface area contributed by atoms with Crippen LogP contribution in [0.3, 0.4) is 0 Å². The first-order valence-corrected chi connectivity index (χ1v) is 11.7. The number of nitrogens with zero attached hydrogens (tertiary/aromatic N) is 3. The van der Waals surface area contributed by atoms with Crippen LogP contribution < -0.4 is 4.74 Å². The summed E-state index contributed by atoms with van der Waals surface area (Å²) in [5.41, 5.74) is 5.14. The Morgan fingerprint density at radius 3 is 2.59 bits per heavy atom. The van der Waals surface area contributed by atoms with Crippen molar-refractivity contribution in [1.29, 1.82) is 0 Å². The Morgan fingerprint density at radius 2 is 1.79 bits per heavy atom. The number of aromatic nitrogens is 2. The molecule has 4 aromatic rings. The van der Waals surface area contributed by atoms with Crippen LogP contribution in [-0.4, -0.2) is 46.5 Å². The molecule has 6 nitrogen and oxygen atoms in total. The van der Waals surface area contributed by atoms with Crippen LogP contribution in [0.5, 0.6) is 5.75 Å². The average Bonchev–Trinajstić information content (AvgIpc) is 3.32. The van der Waals surface area contributed by atoms with Crippen molar-refractivity contribution >= 4 is 11.6 Å². The van der Waals surface area contributed by atoms with Crippen LogP contribution in [0.2, 0.25) is 0 Å². The molecule has 1 fully saturated rings. The predicted molar refractivity (Wildman–Crippen MR) is 131 cm³/mol. The standard InChI is InChI=1S/C28H29N3O3/c1-21-8-5-6-11-23(21)24(18-27(32)30-14-16-33-17-15-30)25-19-29-28-26(12-7-13-31(25)28)34-20-22-9-3-2-4-10-22/h2-13,19,24H,14-18,20H2,1H3. The van der Waals surface area contributed by atoms with Crippen molar-refractivity contribution in [2.75, 3.05) is 26.3 Å². The van der Waals surface area contributed by atoms with Crippen LogP contribution in [0, 0.1) is 6.92 Å². The highest BCUT2D eigenvalue weighted by atomic mass is 16.5. The van der Waals surface area contributed by atoms with Gasteiger partial charge in [-0.15, -0.1) is 0 Å². The molecule has 6 heteroatoms. The third kappa shape index (κ3) is 4.68. The maximum atomic E-state index is 13.3. The van der Waals surface area contributed by atoms with E-state index in [0.29, 0.717) is 39.3 Å². The van der Waals surface area contributed by atoms with Crippen molar-refractivity contribution < 1.29 is 14.3 Å². The Morgan fingerprint density at radius 1 is 1.03 bits per heavy atom. The first-order valence-electron chi connectivity index (χ1n) is 11.7. The van der Waals surface area contributed by atoms with Gasteiger partial charge in [0.05, 0.1) is 18.9 Å². The molecule has 5 rings (SSSR count). The Hall–Kier alpha value is -3.64. The molecule has 3 heterocycles. The zero-order valence-electron chi connectivity index (χ0n) is 19.4. The fraction of sp³-hybridized carbons (Fsp3) is 0.286. The van der Waals surface area contributed by atoms with Crippen LogP contribution in [0.1, 0.15) is 34.7 Å². The number of carbonyl (C=O) groups is 1. The van der Waals surface area contributed by atoms with Gasteiger partial charge in [-0.05, 0) is 35.7 Å². The van der Waals surface area contributed by atoms with Gasteiger partial charge in [0.25, 0.3) is 0 Å². The Labute approximate surface area is 199 Å². The molecular formula is C28H29N3O3. The molecule has 1 amide bonds. The van der Waals surface area contributed by atoms with Crippen molar-refractivity contribution in [1.82, 2.24) is 14.3 Å². The van der Waals surface area contributed by atoms with Crippen molar-refractivity contribution in [2.45, 2.75) is 25.9 Å². The quantitative estimate of drug-likeness (QED) is 0.409. The van der Waals surface area contributed by atoms with E-state index in [1.165, 1.54) is 0 Å². The summed E-state index contributed by atoms with van der Waals surface area (Å²) in [6.07, 6.45) is 4.26. The molecule has 0 N–H and O–H groups in total. The minimum atomic E-state index is -0.115. The van der Waals surface area contributed by atoms with E-state index in [2.05, 4.69) is 23.5 Å². The third-order valence-electron chi connectivity index (χ3n) is 6.43. The minimum absolute atomic E-state index is 0.115. The number of ether oxygens (including phenoxy) is 2. The van der Waals surface area contributed by atoms with E-state index in [4.69, 9.17) is 14.5 Å². The number of aryl methyl sites for hydroxylation is 1. The molecule has 0 radical (unpaired) electrons. The molecule has 0 bridgehead atoms. The summed E-state index contributed by atoms with van der Waals surface area (Å²) < 4.78 is 13.6. The fourth-order valence-electron chi connectivity index (χ4n) is 4.58. The first-order chi connectivity index (χ1) is 16.7. The van der Waals surface area contributed by atoms with E-state index in [-0.39, 0.29) is 11.8 Å². The second-order valence-electron chi connectivity index (χ2n) is 8.63. The Balaban J connectivity index is 1.48. The summed E-state index contributed by atoms with van der Waals surface area (Å²) in [5.74, 6) is 0.750.